The molecule has 0 N–H and O–H groups in total. The number of rotatable bonds is 5. The van der Waals surface area contributed by atoms with Crippen LogP contribution < -0.4 is 0 Å². The normalized spacial score (nSPS) is 20.4. The van der Waals surface area contributed by atoms with Gasteiger partial charge < -0.3 is 9.64 Å². The Balaban J connectivity index is 1.69. The zero-order valence-corrected chi connectivity index (χ0v) is 16.5. The Hall–Kier alpha value is -2.70. The molecule has 2 aliphatic heterocycles. The van der Waals surface area contributed by atoms with Crippen LogP contribution in [0.2, 0.25) is 0 Å². The molecule has 7 heteroatoms. The van der Waals surface area contributed by atoms with Crippen molar-refractivity contribution in [1.82, 2.24) is 9.80 Å². The monoisotopic (exact) mass is 386 g/mol. The number of hydrogen-bond donors (Lipinski definition) is 0. The number of hydrogen-bond acceptors (Lipinski definition) is 5. The molecule has 0 bridgehead atoms. The molecule has 2 aliphatic rings. The number of imide groups is 1. The van der Waals surface area contributed by atoms with Crippen molar-refractivity contribution in [3.05, 3.63) is 35.4 Å². The highest BCUT2D eigenvalue weighted by Gasteiger charge is 2.44. The number of ether oxygens (including phenoxy) is 1. The molecule has 7 nitrogen and oxygen atoms in total. The number of fused-ring (bicyclic) bond motifs is 1. The van der Waals surface area contributed by atoms with Crippen molar-refractivity contribution >= 4 is 23.7 Å². The lowest BCUT2D eigenvalue weighted by Gasteiger charge is -2.31. The molecule has 150 valence electrons. The predicted octanol–water partition coefficient (Wildman–Crippen LogP) is 2.11. The van der Waals surface area contributed by atoms with E-state index in [0.29, 0.717) is 19.0 Å². The van der Waals surface area contributed by atoms with Gasteiger partial charge in [-0.1, -0.05) is 32.9 Å². The van der Waals surface area contributed by atoms with E-state index in [2.05, 4.69) is 6.92 Å². The Morgan fingerprint density at radius 1 is 1.14 bits per heavy atom. The molecule has 0 radical (unpaired) electrons. The third kappa shape index (κ3) is 3.79. The second-order valence-electron chi connectivity index (χ2n) is 7.91. The number of nitrogens with zero attached hydrogens (tertiary/aromatic N) is 2. The van der Waals surface area contributed by atoms with Gasteiger partial charge in [0.15, 0.2) is 6.61 Å². The highest BCUT2D eigenvalue weighted by molar-refractivity contribution is 6.22. The maximum atomic E-state index is 12.7. The number of likely N-dealkylation sites (tertiary alicyclic amines) is 1. The van der Waals surface area contributed by atoms with Crippen LogP contribution in [-0.2, 0) is 14.3 Å². The van der Waals surface area contributed by atoms with Crippen molar-refractivity contribution in [2.75, 3.05) is 19.7 Å². The summed E-state index contributed by atoms with van der Waals surface area (Å²) in [5.74, 6) is -1.91. The van der Waals surface area contributed by atoms with Crippen molar-refractivity contribution in [3.8, 4) is 0 Å². The highest BCUT2D eigenvalue weighted by Crippen LogP contribution is 2.27. The number of amides is 3. The van der Waals surface area contributed by atoms with E-state index in [1.165, 1.54) is 0 Å². The lowest BCUT2D eigenvalue weighted by atomic mass is 10.0. The van der Waals surface area contributed by atoms with Gasteiger partial charge in [0.05, 0.1) is 11.1 Å². The van der Waals surface area contributed by atoms with Crippen LogP contribution in [0.25, 0.3) is 0 Å². The average molecular weight is 386 g/mol. The maximum absolute atomic E-state index is 12.7. The summed E-state index contributed by atoms with van der Waals surface area (Å²) in [6.07, 6.45) is 2.02. The minimum absolute atomic E-state index is 0.246. The summed E-state index contributed by atoms with van der Waals surface area (Å²) < 4.78 is 5.25. The largest absolute Gasteiger partial charge is 0.454 e. The average Bonchev–Trinajstić information content (AvgIpc) is 2.91. The minimum Gasteiger partial charge on any atom is -0.454 e. The fourth-order valence-corrected chi connectivity index (χ4v) is 3.86. The van der Waals surface area contributed by atoms with Crippen LogP contribution in [0.4, 0.5) is 0 Å². The molecule has 2 atom stereocenters. The molecular weight excluding hydrogens is 360 g/mol. The highest BCUT2D eigenvalue weighted by atomic mass is 16.5. The summed E-state index contributed by atoms with van der Waals surface area (Å²) in [7, 11) is 0. The van der Waals surface area contributed by atoms with Crippen LogP contribution in [-0.4, -0.2) is 59.2 Å². The van der Waals surface area contributed by atoms with Crippen molar-refractivity contribution in [3.63, 3.8) is 0 Å². The van der Waals surface area contributed by atoms with Crippen LogP contribution >= 0.6 is 0 Å². The van der Waals surface area contributed by atoms with Gasteiger partial charge >= 0.3 is 5.97 Å². The van der Waals surface area contributed by atoms with Crippen LogP contribution in [0.1, 0.15) is 54.3 Å². The van der Waals surface area contributed by atoms with Crippen LogP contribution in [0, 0.1) is 11.8 Å². The second kappa shape index (κ2) is 8.12. The van der Waals surface area contributed by atoms with Gasteiger partial charge in [0.1, 0.15) is 6.04 Å². The van der Waals surface area contributed by atoms with Crippen LogP contribution in [0.5, 0.6) is 0 Å². The van der Waals surface area contributed by atoms with E-state index in [1.54, 1.807) is 43.0 Å². The maximum Gasteiger partial charge on any atom is 0.330 e. The molecule has 1 fully saturated rings. The molecule has 28 heavy (non-hydrogen) atoms. The topological polar surface area (TPSA) is 84.0 Å². The van der Waals surface area contributed by atoms with E-state index in [0.717, 1.165) is 17.7 Å². The summed E-state index contributed by atoms with van der Waals surface area (Å²) in [5, 5.41) is 0. The van der Waals surface area contributed by atoms with Crippen molar-refractivity contribution < 1.29 is 23.9 Å². The molecule has 0 spiro atoms. The number of carbonyl (C=O) groups excluding carboxylic acids is 4. The molecule has 0 aromatic heterocycles. The Labute approximate surface area is 164 Å². The third-order valence-electron chi connectivity index (χ3n) is 5.32. The van der Waals surface area contributed by atoms with Gasteiger partial charge in [-0.05, 0) is 36.8 Å². The van der Waals surface area contributed by atoms with Crippen molar-refractivity contribution in [2.24, 2.45) is 11.8 Å². The fraction of sp³-hybridized carbons (Fsp3) is 0.524. The minimum atomic E-state index is -1.07. The SMILES string of the molecule is CC(C)[C@H](C(=O)OCC(=O)N1CCC[C@@H](C)C1)N1C(=O)c2ccccc2C1=O. The van der Waals surface area contributed by atoms with Crippen LogP contribution in [0.3, 0.4) is 0 Å². The molecule has 3 amide bonds. The molecule has 0 aliphatic carbocycles. The van der Waals surface area contributed by atoms with E-state index in [9.17, 15) is 19.2 Å². The smallest absolute Gasteiger partial charge is 0.330 e. The first-order valence-electron chi connectivity index (χ1n) is 9.72. The van der Waals surface area contributed by atoms with Gasteiger partial charge in [-0.25, -0.2) is 4.79 Å². The molecule has 1 aromatic rings. The van der Waals surface area contributed by atoms with Crippen LogP contribution in [0.15, 0.2) is 24.3 Å². The fourth-order valence-electron chi connectivity index (χ4n) is 3.86. The van der Waals surface area contributed by atoms with Gasteiger partial charge in [-0.2, -0.15) is 0 Å². The molecule has 2 heterocycles. The zero-order chi connectivity index (χ0) is 20.4. The number of carbonyl (C=O) groups is 4. The third-order valence-corrected chi connectivity index (χ3v) is 5.32. The Kier molecular flexibility index (Phi) is 5.82. The van der Waals surface area contributed by atoms with E-state index < -0.39 is 23.8 Å². The second-order valence-corrected chi connectivity index (χ2v) is 7.91. The molecule has 1 aromatic carbocycles. The first kappa shape index (κ1) is 20.0. The summed E-state index contributed by atoms with van der Waals surface area (Å²) in [6, 6.07) is 5.42. The van der Waals surface area contributed by atoms with E-state index >= 15 is 0 Å². The van der Waals surface area contributed by atoms with E-state index in [1.807, 2.05) is 0 Å². The lowest BCUT2D eigenvalue weighted by Crippen LogP contribution is -2.49. The number of piperidine rings is 1. The number of benzene rings is 1. The molecule has 1 saturated heterocycles. The summed E-state index contributed by atoms with van der Waals surface area (Å²) in [6.45, 7) is 6.50. The molecular formula is C21H26N2O5. The van der Waals surface area contributed by atoms with Gasteiger partial charge in [0.25, 0.3) is 17.7 Å². The van der Waals surface area contributed by atoms with Gasteiger partial charge in [-0.3, -0.25) is 19.3 Å². The molecule has 0 unspecified atom stereocenters. The summed E-state index contributed by atoms with van der Waals surface area (Å²) >= 11 is 0. The summed E-state index contributed by atoms with van der Waals surface area (Å²) in [5.41, 5.74) is 0.564. The van der Waals surface area contributed by atoms with Gasteiger partial charge in [0.2, 0.25) is 0 Å². The molecule has 3 rings (SSSR count). The van der Waals surface area contributed by atoms with E-state index in [-0.39, 0.29) is 29.6 Å². The Bertz CT molecular complexity index is 769. The number of esters is 1. The molecule has 0 saturated carbocycles. The quantitative estimate of drug-likeness (QED) is 0.572. The first-order chi connectivity index (χ1) is 13.3. The van der Waals surface area contributed by atoms with E-state index in [4.69, 9.17) is 4.74 Å². The Morgan fingerprint density at radius 2 is 1.75 bits per heavy atom. The zero-order valence-electron chi connectivity index (χ0n) is 16.5. The van der Waals surface area contributed by atoms with Crippen molar-refractivity contribution in [1.29, 1.82) is 0 Å². The standard InChI is InChI=1S/C21H26N2O5/c1-13(2)18(23-19(25)15-8-4-5-9-16(15)20(23)26)21(27)28-12-17(24)22-10-6-7-14(3)11-22/h4-5,8-9,13-14,18H,6-7,10-12H2,1-3H3/t14-,18-/m1/s1. The van der Waals surface area contributed by atoms with Gasteiger partial charge in [-0.15, -0.1) is 0 Å². The van der Waals surface area contributed by atoms with Crippen molar-refractivity contribution in [2.45, 2.75) is 39.7 Å². The van der Waals surface area contributed by atoms with Gasteiger partial charge in [0, 0.05) is 13.1 Å². The predicted molar refractivity (Wildman–Crippen MR) is 102 cm³/mol. The Morgan fingerprint density at radius 3 is 2.29 bits per heavy atom. The lowest BCUT2D eigenvalue weighted by molar-refractivity contribution is -0.157. The summed E-state index contributed by atoms with van der Waals surface area (Å²) in [4.78, 5) is 53.2. The first-order valence-corrected chi connectivity index (χ1v) is 9.72.